The molecule has 1 aliphatic heterocycles. The average Bonchev–Trinajstić information content (AvgIpc) is 2.92. The summed E-state index contributed by atoms with van der Waals surface area (Å²) in [6, 6.07) is 7.94. The Morgan fingerprint density at radius 2 is 2.00 bits per heavy atom. The predicted octanol–water partition coefficient (Wildman–Crippen LogP) is 3.30. The van der Waals surface area contributed by atoms with Gasteiger partial charge in [-0.3, -0.25) is 9.69 Å². The first-order valence-electron chi connectivity index (χ1n) is 8.08. The van der Waals surface area contributed by atoms with Crippen LogP contribution in [0.25, 0.3) is 0 Å². The van der Waals surface area contributed by atoms with E-state index in [-0.39, 0.29) is 11.5 Å². The maximum Gasteiger partial charge on any atom is 0.320 e. The Balaban J connectivity index is 1.74. The zero-order valence-corrected chi connectivity index (χ0v) is 13.8. The van der Waals surface area contributed by atoms with Crippen molar-refractivity contribution in [2.24, 2.45) is 0 Å². The molecule has 1 aliphatic rings. The number of nitrogens with zero attached hydrogens (tertiary/aromatic N) is 1. The van der Waals surface area contributed by atoms with Gasteiger partial charge in [0.1, 0.15) is 11.8 Å². The van der Waals surface area contributed by atoms with Crippen LogP contribution in [0.15, 0.2) is 24.3 Å². The summed E-state index contributed by atoms with van der Waals surface area (Å²) in [5, 5.41) is 9.14. The maximum atomic E-state index is 11.1. The number of benzene rings is 1. The Bertz CT molecular complexity index is 490. The Morgan fingerprint density at radius 3 is 2.59 bits per heavy atom. The molecular formula is C18H27NO3. The summed E-state index contributed by atoms with van der Waals surface area (Å²) in [6.07, 6.45) is 2.60. The molecule has 4 heteroatoms. The Kier molecular flexibility index (Phi) is 5.46. The summed E-state index contributed by atoms with van der Waals surface area (Å²) in [6.45, 7) is 8.87. The van der Waals surface area contributed by atoms with Crippen LogP contribution in [-0.4, -0.2) is 41.7 Å². The van der Waals surface area contributed by atoms with E-state index in [0.29, 0.717) is 6.61 Å². The number of ether oxygens (including phenoxy) is 1. The molecule has 0 saturated carbocycles. The fourth-order valence-corrected chi connectivity index (χ4v) is 2.88. The molecule has 122 valence electrons. The summed E-state index contributed by atoms with van der Waals surface area (Å²) < 4.78 is 5.76. The van der Waals surface area contributed by atoms with Gasteiger partial charge >= 0.3 is 5.97 Å². The van der Waals surface area contributed by atoms with Gasteiger partial charge in [0, 0.05) is 6.54 Å². The van der Waals surface area contributed by atoms with Crippen molar-refractivity contribution < 1.29 is 14.6 Å². The lowest BCUT2D eigenvalue weighted by Crippen LogP contribution is -2.36. The number of carboxylic acids is 1. The lowest BCUT2D eigenvalue weighted by Gasteiger charge is -2.21. The van der Waals surface area contributed by atoms with Crippen molar-refractivity contribution in [2.75, 3.05) is 19.7 Å². The molecule has 0 aliphatic carbocycles. The minimum absolute atomic E-state index is 0.153. The van der Waals surface area contributed by atoms with Crippen molar-refractivity contribution >= 4 is 5.97 Å². The predicted molar refractivity (Wildman–Crippen MR) is 87.5 cm³/mol. The molecule has 22 heavy (non-hydrogen) atoms. The highest BCUT2D eigenvalue weighted by atomic mass is 16.5. The van der Waals surface area contributed by atoms with E-state index >= 15 is 0 Å². The molecule has 1 atom stereocenters. The van der Waals surface area contributed by atoms with Crippen LogP contribution in [-0.2, 0) is 10.2 Å². The summed E-state index contributed by atoms with van der Waals surface area (Å²) in [7, 11) is 0. The second kappa shape index (κ2) is 7.14. The number of hydrogen-bond donors (Lipinski definition) is 1. The van der Waals surface area contributed by atoms with Crippen molar-refractivity contribution in [1.29, 1.82) is 0 Å². The minimum atomic E-state index is -0.698. The van der Waals surface area contributed by atoms with E-state index in [2.05, 4.69) is 32.9 Å². The topological polar surface area (TPSA) is 49.8 Å². The molecule has 1 aromatic rings. The zero-order chi connectivity index (χ0) is 16.2. The van der Waals surface area contributed by atoms with E-state index in [1.165, 1.54) is 5.56 Å². The highest BCUT2D eigenvalue weighted by Crippen LogP contribution is 2.24. The second-order valence-corrected chi connectivity index (χ2v) is 7.01. The summed E-state index contributed by atoms with van der Waals surface area (Å²) >= 11 is 0. The average molecular weight is 305 g/mol. The third-order valence-electron chi connectivity index (χ3n) is 4.23. The molecule has 0 spiro atoms. The second-order valence-electron chi connectivity index (χ2n) is 7.01. The van der Waals surface area contributed by atoms with Crippen LogP contribution in [0, 0.1) is 0 Å². The molecule has 0 amide bonds. The molecule has 1 heterocycles. The van der Waals surface area contributed by atoms with E-state index in [4.69, 9.17) is 9.84 Å². The van der Waals surface area contributed by atoms with Gasteiger partial charge in [-0.1, -0.05) is 32.9 Å². The van der Waals surface area contributed by atoms with Gasteiger partial charge in [-0.05, 0) is 48.9 Å². The molecule has 1 fully saturated rings. The van der Waals surface area contributed by atoms with Gasteiger partial charge in [-0.15, -0.1) is 0 Å². The number of rotatable bonds is 6. The first kappa shape index (κ1) is 16.8. The fourth-order valence-electron chi connectivity index (χ4n) is 2.88. The third-order valence-corrected chi connectivity index (χ3v) is 4.23. The van der Waals surface area contributed by atoms with Crippen LogP contribution in [0.5, 0.6) is 5.75 Å². The highest BCUT2D eigenvalue weighted by Gasteiger charge is 2.29. The first-order valence-corrected chi connectivity index (χ1v) is 8.08. The monoisotopic (exact) mass is 305 g/mol. The first-order chi connectivity index (χ1) is 10.4. The lowest BCUT2D eigenvalue weighted by molar-refractivity contribution is -0.142. The molecule has 1 aromatic carbocycles. The molecule has 0 radical (unpaired) electrons. The highest BCUT2D eigenvalue weighted by molar-refractivity contribution is 5.73. The third kappa shape index (κ3) is 4.47. The SMILES string of the molecule is CC(C)(C)c1ccc(OCCCN2CCC[C@H]2C(=O)O)cc1. The van der Waals surface area contributed by atoms with Gasteiger partial charge in [-0.2, -0.15) is 0 Å². The summed E-state index contributed by atoms with van der Waals surface area (Å²) in [5.41, 5.74) is 1.45. The number of hydrogen-bond acceptors (Lipinski definition) is 3. The number of likely N-dealkylation sites (tertiary alicyclic amines) is 1. The number of carbonyl (C=O) groups is 1. The summed E-state index contributed by atoms with van der Waals surface area (Å²) in [5.74, 6) is 0.181. The van der Waals surface area contributed by atoms with Crippen molar-refractivity contribution in [1.82, 2.24) is 4.90 Å². The van der Waals surface area contributed by atoms with Gasteiger partial charge in [0.15, 0.2) is 0 Å². The molecule has 1 saturated heterocycles. The quantitative estimate of drug-likeness (QED) is 0.819. The van der Waals surface area contributed by atoms with Crippen molar-refractivity contribution in [3.05, 3.63) is 29.8 Å². The van der Waals surface area contributed by atoms with Crippen molar-refractivity contribution in [2.45, 2.75) is 51.5 Å². The normalized spacial score (nSPS) is 19.3. The standard InChI is InChI=1S/C18H27NO3/c1-18(2,3)14-7-9-15(10-8-14)22-13-5-12-19-11-4-6-16(19)17(20)21/h7-10,16H,4-6,11-13H2,1-3H3,(H,20,21)/t16-/m0/s1. The van der Waals surface area contributed by atoms with Crippen LogP contribution in [0.2, 0.25) is 0 Å². The summed E-state index contributed by atoms with van der Waals surface area (Å²) in [4.78, 5) is 13.2. The smallest absolute Gasteiger partial charge is 0.320 e. The van der Waals surface area contributed by atoms with E-state index < -0.39 is 5.97 Å². The van der Waals surface area contributed by atoms with Gasteiger partial charge in [-0.25, -0.2) is 0 Å². The molecule has 2 rings (SSSR count). The van der Waals surface area contributed by atoms with E-state index in [1.807, 2.05) is 17.0 Å². The maximum absolute atomic E-state index is 11.1. The van der Waals surface area contributed by atoms with Crippen LogP contribution < -0.4 is 4.74 Å². The van der Waals surface area contributed by atoms with Crippen LogP contribution in [0.1, 0.15) is 45.6 Å². The molecule has 1 N–H and O–H groups in total. The van der Waals surface area contributed by atoms with Gasteiger partial charge in [0.25, 0.3) is 0 Å². The minimum Gasteiger partial charge on any atom is -0.494 e. The molecule has 0 bridgehead atoms. The van der Waals surface area contributed by atoms with Crippen LogP contribution in [0.3, 0.4) is 0 Å². The van der Waals surface area contributed by atoms with E-state index in [9.17, 15) is 4.79 Å². The zero-order valence-electron chi connectivity index (χ0n) is 13.8. The molecule has 0 unspecified atom stereocenters. The van der Waals surface area contributed by atoms with Crippen LogP contribution >= 0.6 is 0 Å². The molecular weight excluding hydrogens is 278 g/mol. The molecule has 0 aromatic heterocycles. The Hall–Kier alpha value is -1.55. The van der Waals surface area contributed by atoms with E-state index in [0.717, 1.165) is 38.1 Å². The number of aliphatic carboxylic acids is 1. The fraction of sp³-hybridized carbons (Fsp3) is 0.611. The van der Waals surface area contributed by atoms with E-state index in [1.54, 1.807) is 0 Å². The largest absolute Gasteiger partial charge is 0.494 e. The van der Waals surface area contributed by atoms with Crippen LogP contribution in [0.4, 0.5) is 0 Å². The lowest BCUT2D eigenvalue weighted by atomic mass is 9.87. The molecule has 4 nitrogen and oxygen atoms in total. The van der Waals surface area contributed by atoms with Gasteiger partial charge < -0.3 is 9.84 Å². The van der Waals surface area contributed by atoms with Gasteiger partial charge in [0.05, 0.1) is 6.61 Å². The van der Waals surface area contributed by atoms with Gasteiger partial charge in [0.2, 0.25) is 0 Å². The Morgan fingerprint density at radius 1 is 1.32 bits per heavy atom. The number of carboxylic acid groups (broad SMARTS) is 1. The van der Waals surface area contributed by atoms with Crippen molar-refractivity contribution in [3.63, 3.8) is 0 Å². The van der Waals surface area contributed by atoms with Crippen molar-refractivity contribution in [3.8, 4) is 5.75 Å². The Labute approximate surface area is 133 Å².